The second-order valence-corrected chi connectivity index (χ2v) is 5.98. The van der Waals surface area contributed by atoms with Crippen LogP contribution in [0.5, 0.6) is 0 Å². The van der Waals surface area contributed by atoms with Gasteiger partial charge in [0.2, 0.25) is 0 Å². The summed E-state index contributed by atoms with van der Waals surface area (Å²) < 4.78 is 1.09. The van der Waals surface area contributed by atoms with Crippen LogP contribution in [0, 0.1) is 5.92 Å². The van der Waals surface area contributed by atoms with E-state index in [2.05, 4.69) is 5.32 Å². The number of hydrogen-bond acceptors (Lipinski definition) is 3. The van der Waals surface area contributed by atoms with Gasteiger partial charge in [0.1, 0.15) is 0 Å². The molecule has 1 atom stereocenters. The Morgan fingerprint density at radius 2 is 2.10 bits per heavy atom. The van der Waals surface area contributed by atoms with Crippen LogP contribution in [0.3, 0.4) is 0 Å². The van der Waals surface area contributed by atoms with E-state index in [-0.39, 0.29) is 18.2 Å². The van der Waals surface area contributed by atoms with Crippen molar-refractivity contribution in [2.75, 3.05) is 6.54 Å². The molecule has 106 valence electrons. The van der Waals surface area contributed by atoms with Gasteiger partial charge in [-0.05, 0) is 29.9 Å². The van der Waals surface area contributed by atoms with Gasteiger partial charge in [0.25, 0.3) is 5.91 Å². The molecule has 0 saturated heterocycles. The van der Waals surface area contributed by atoms with E-state index in [0.717, 1.165) is 10.1 Å². The molecule has 1 amide bonds. The summed E-state index contributed by atoms with van der Waals surface area (Å²) in [5, 5.41) is 12.5. The maximum atomic E-state index is 12.0. The van der Waals surface area contributed by atoms with Gasteiger partial charge < -0.3 is 10.4 Å². The zero-order valence-corrected chi connectivity index (χ0v) is 12.1. The fraction of sp³-hybridized carbons (Fsp3) is 0.333. The van der Waals surface area contributed by atoms with E-state index in [1.54, 1.807) is 0 Å². The first-order chi connectivity index (χ1) is 9.56. The lowest BCUT2D eigenvalue weighted by molar-refractivity contribution is -0.137. The molecular formula is C15H17NO3S. The number of benzene rings is 1. The molecule has 1 unspecified atom stereocenters. The number of fused-ring (bicyclic) bond motifs is 1. The normalized spacial score (nSPS) is 12.2. The SMILES string of the molecule is CC(CCC(=O)O)CNC(=O)c1cc2ccccc2s1. The minimum atomic E-state index is -0.798. The summed E-state index contributed by atoms with van der Waals surface area (Å²) in [5.41, 5.74) is 0. The van der Waals surface area contributed by atoms with Crippen LogP contribution in [0.4, 0.5) is 0 Å². The number of hydrogen-bond donors (Lipinski definition) is 2. The Bertz CT molecular complexity index is 587. The molecule has 0 saturated carbocycles. The Morgan fingerprint density at radius 3 is 2.80 bits per heavy atom. The van der Waals surface area contributed by atoms with Crippen molar-refractivity contribution in [2.45, 2.75) is 19.8 Å². The monoisotopic (exact) mass is 291 g/mol. The van der Waals surface area contributed by atoms with Gasteiger partial charge in [-0.25, -0.2) is 0 Å². The van der Waals surface area contributed by atoms with E-state index in [0.29, 0.717) is 17.8 Å². The van der Waals surface area contributed by atoms with Crippen LogP contribution >= 0.6 is 11.3 Å². The van der Waals surface area contributed by atoms with Crippen molar-refractivity contribution in [3.8, 4) is 0 Å². The van der Waals surface area contributed by atoms with Crippen LogP contribution in [-0.4, -0.2) is 23.5 Å². The van der Waals surface area contributed by atoms with Crippen LogP contribution in [0.15, 0.2) is 30.3 Å². The summed E-state index contributed by atoms with van der Waals surface area (Å²) in [5.74, 6) is -0.731. The Labute approximate surface area is 121 Å². The molecular weight excluding hydrogens is 274 g/mol. The Morgan fingerprint density at radius 1 is 1.35 bits per heavy atom. The minimum Gasteiger partial charge on any atom is -0.481 e. The Hall–Kier alpha value is -1.88. The number of rotatable bonds is 6. The predicted molar refractivity (Wildman–Crippen MR) is 80.2 cm³/mol. The highest BCUT2D eigenvalue weighted by atomic mass is 32.1. The molecule has 0 aliphatic heterocycles. The fourth-order valence-electron chi connectivity index (χ4n) is 1.92. The lowest BCUT2D eigenvalue weighted by Gasteiger charge is -2.10. The van der Waals surface area contributed by atoms with E-state index < -0.39 is 5.97 Å². The minimum absolute atomic E-state index is 0.0895. The number of aliphatic carboxylic acids is 1. The second-order valence-electron chi connectivity index (χ2n) is 4.90. The van der Waals surface area contributed by atoms with E-state index >= 15 is 0 Å². The number of carboxylic acids is 1. The number of carbonyl (C=O) groups is 2. The molecule has 0 aliphatic carbocycles. The van der Waals surface area contributed by atoms with E-state index in [1.165, 1.54) is 11.3 Å². The molecule has 0 aliphatic rings. The molecule has 2 N–H and O–H groups in total. The van der Waals surface area contributed by atoms with Crippen LogP contribution < -0.4 is 5.32 Å². The van der Waals surface area contributed by atoms with Crippen molar-refractivity contribution in [3.63, 3.8) is 0 Å². The van der Waals surface area contributed by atoms with E-state index in [1.807, 2.05) is 37.3 Å². The van der Waals surface area contributed by atoms with Crippen molar-refractivity contribution < 1.29 is 14.7 Å². The number of carboxylic acid groups (broad SMARTS) is 1. The van der Waals surface area contributed by atoms with Crippen molar-refractivity contribution in [3.05, 3.63) is 35.2 Å². The van der Waals surface area contributed by atoms with Gasteiger partial charge in [-0.15, -0.1) is 11.3 Å². The largest absolute Gasteiger partial charge is 0.481 e. The third-order valence-electron chi connectivity index (χ3n) is 3.11. The quantitative estimate of drug-likeness (QED) is 0.859. The zero-order chi connectivity index (χ0) is 14.5. The van der Waals surface area contributed by atoms with Crippen molar-refractivity contribution >= 4 is 33.3 Å². The average Bonchev–Trinajstić information content (AvgIpc) is 2.86. The highest BCUT2D eigenvalue weighted by molar-refractivity contribution is 7.20. The summed E-state index contributed by atoms with van der Waals surface area (Å²) >= 11 is 1.47. The number of amides is 1. The molecule has 20 heavy (non-hydrogen) atoms. The molecule has 1 aromatic carbocycles. The lowest BCUT2D eigenvalue weighted by Crippen LogP contribution is -2.27. The summed E-state index contributed by atoms with van der Waals surface area (Å²) in [6, 6.07) is 9.76. The van der Waals surface area contributed by atoms with Gasteiger partial charge >= 0.3 is 5.97 Å². The first-order valence-electron chi connectivity index (χ1n) is 6.55. The molecule has 1 aromatic heterocycles. The first kappa shape index (κ1) is 14.5. The lowest BCUT2D eigenvalue weighted by atomic mass is 10.1. The molecule has 0 spiro atoms. The maximum absolute atomic E-state index is 12.0. The molecule has 0 fully saturated rings. The van der Waals surface area contributed by atoms with Gasteiger partial charge in [-0.1, -0.05) is 25.1 Å². The third-order valence-corrected chi connectivity index (χ3v) is 4.23. The molecule has 0 radical (unpaired) electrons. The highest BCUT2D eigenvalue weighted by Crippen LogP contribution is 2.25. The van der Waals surface area contributed by atoms with E-state index in [9.17, 15) is 9.59 Å². The van der Waals surface area contributed by atoms with Crippen molar-refractivity contribution in [1.82, 2.24) is 5.32 Å². The second kappa shape index (κ2) is 6.52. The summed E-state index contributed by atoms with van der Waals surface area (Å²) in [6.45, 7) is 2.44. The molecule has 1 heterocycles. The highest BCUT2D eigenvalue weighted by Gasteiger charge is 2.12. The number of nitrogens with one attached hydrogen (secondary N) is 1. The standard InChI is InChI=1S/C15H17NO3S/c1-10(6-7-14(17)18)9-16-15(19)13-8-11-4-2-3-5-12(11)20-13/h2-5,8,10H,6-7,9H2,1H3,(H,16,19)(H,17,18). The van der Waals surface area contributed by atoms with Gasteiger partial charge in [0.15, 0.2) is 0 Å². The summed E-state index contributed by atoms with van der Waals surface area (Å²) in [4.78, 5) is 23.2. The van der Waals surface area contributed by atoms with Gasteiger partial charge in [-0.2, -0.15) is 0 Å². The zero-order valence-electron chi connectivity index (χ0n) is 11.3. The topological polar surface area (TPSA) is 66.4 Å². The molecule has 0 bridgehead atoms. The van der Waals surface area contributed by atoms with Crippen molar-refractivity contribution in [2.24, 2.45) is 5.92 Å². The molecule has 2 rings (SSSR count). The summed E-state index contributed by atoms with van der Waals surface area (Å²) in [6.07, 6.45) is 0.710. The third kappa shape index (κ3) is 3.81. The fourth-order valence-corrected chi connectivity index (χ4v) is 2.90. The Balaban J connectivity index is 1.90. The molecule has 4 nitrogen and oxygen atoms in total. The molecule has 5 heteroatoms. The van der Waals surface area contributed by atoms with Crippen molar-refractivity contribution in [1.29, 1.82) is 0 Å². The van der Waals surface area contributed by atoms with Crippen LogP contribution in [-0.2, 0) is 4.79 Å². The van der Waals surface area contributed by atoms with E-state index in [4.69, 9.17) is 5.11 Å². The Kier molecular flexibility index (Phi) is 4.74. The summed E-state index contributed by atoms with van der Waals surface area (Å²) in [7, 11) is 0. The number of thiophene rings is 1. The van der Waals surface area contributed by atoms with Crippen LogP contribution in [0.1, 0.15) is 29.4 Å². The number of carbonyl (C=O) groups excluding carboxylic acids is 1. The predicted octanol–water partition coefficient (Wildman–Crippen LogP) is 3.13. The van der Waals surface area contributed by atoms with Gasteiger partial charge in [0, 0.05) is 17.7 Å². The first-order valence-corrected chi connectivity index (χ1v) is 7.36. The molecule has 2 aromatic rings. The van der Waals surface area contributed by atoms with Gasteiger partial charge in [-0.3, -0.25) is 9.59 Å². The van der Waals surface area contributed by atoms with Crippen LogP contribution in [0.2, 0.25) is 0 Å². The van der Waals surface area contributed by atoms with Crippen LogP contribution in [0.25, 0.3) is 10.1 Å². The maximum Gasteiger partial charge on any atom is 0.303 e. The average molecular weight is 291 g/mol. The smallest absolute Gasteiger partial charge is 0.303 e. The van der Waals surface area contributed by atoms with Gasteiger partial charge in [0.05, 0.1) is 4.88 Å².